The Morgan fingerprint density at radius 3 is 2.67 bits per heavy atom. The average Bonchev–Trinajstić information content (AvgIpc) is 2.91. The largest absolute Gasteiger partial charge is 0.494 e. The van der Waals surface area contributed by atoms with Gasteiger partial charge in [-0.2, -0.15) is 0 Å². The first kappa shape index (κ1) is 14.1. The molecule has 21 heavy (non-hydrogen) atoms. The predicted octanol–water partition coefficient (Wildman–Crippen LogP) is 4.53. The molecular weight excluding hydrogens is 267 g/mol. The Bertz CT molecular complexity index is 652. The number of ether oxygens (including phenoxy) is 2. The molecule has 2 aromatic rings. The van der Waals surface area contributed by atoms with Crippen molar-refractivity contribution in [3.05, 3.63) is 53.3 Å². The normalized spacial score (nSPS) is 16.8. The van der Waals surface area contributed by atoms with Crippen molar-refractivity contribution in [2.24, 2.45) is 0 Å². The van der Waals surface area contributed by atoms with Crippen molar-refractivity contribution in [2.75, 3.05) is 13.7 Å². The van der Waals surface area contributed by atoms with Crippen molar-refractivity contribution in [2.45, 2.75) is 25.9 Å². The molecule has 0 radical (unpaired) electrons. The Hall–Kier alpha value is -1.87. The SMILES string of the molecule is CCO[C@@H]1CCc2c(-c3cccc(OC)c3F)cccc21. The molecule has 0 aliphatic heterocycles. The van der Waals surface area contributed by atoms with E-state index in [4.69, 9.17) is 9.47 Å². The molecule has 2 aromatic carbocycles. The molecule has 110 valence electrons. The number of hydrogen-bond acceptors (Lipinski definition) is 2. The van der Waals surface area contributed by atoms with Crippen LogP contribution in [-0.4, -0.2) is 13.7 Å². The second kappa shape index (κ2) is 5.86. The highest BCUT2D eigenvalue weighted by atomic mass is 19.1. The molecule has 1 atom stereocenters. The van der Waals surface area contributed by atoms with Crippen molar-refractivity contribution in [1.29, 1.82) is 0 Å². The average molecular weight is 286 g/mol. The third-order valence-corrected chi connectivity index (χ3v) is 4.06. The summed E-state index contributed by atoms with van der Waals surface area (Å²) in [6.07, 6.45) is 2.03. The Kier molecular flexibility index (Phi) is 3.93. The van der Waals surface area contributed by atoms with Crippen LogP contribution in [0.4, 0.5) is 4.39 Å². The van der Waals surface area contributed by atoms with Crippen molar-refractivity contribution in [1.82, 2.24) is 0 Å². The van der Waals surface area contributed by atoms with Gasteiger partial charge in [-0.05, 0) is 42.5 Å². The molecule has 3 rings (SSSR count). The number of fused-ring (bicyclic) bond motifs is 1. The maximum atomic E-state index is 14.5. The highest BCUT2D eigenvalue weighted by Crippen LogP contribution is 2.41. The van der Waals surface area contributed by atoms with E-state index in [2.05, 4.69) is 6.07 Å². The molecule has 0 aromatic heterocycles. The molecule has 0 N–H and O–H groups in total. The molecule has 2 nitrogen and oxygen atoms in total. The second-order valence-corrected chi connectivity index (χ2v) is 5.18. The fourth-order valence-corrected chi connectivity index (χ4v) is 3.12. The number of rotatable bonds is 4. The quantitative estimate of drug-likeness (QED) is 0.822. The molecule has 1 aliphatic rings. The van der Waals surface area contributed by atoms with E-state index in [1.807, 2.05) is 31.2 Å². The van der Waals surface area contributed by atoms with Gasteiger partial charge in [-0.1, -0.05) is 30.3 Å². The molecule has 0 fully saturated rings. The van der Waals surface area contributed by atoms with Crippen LogP contribution in [0.2, 0.25) is 0 Å². The Morgan fingerprint density at radius 2 is 1.90 bits per heavy atom. The van der Waals surface area contributed by atoms with Gasteiger partial charge in [-0.15, -0.1) is 0 Å². The van der Waals surface area contributed by atoms with Crippen molar-refractivity contribution < 1.29 is 13.9 Å². The third-order valence-electron chi connectivity index (χ3n) is 4.06. The zero-order valence-corrected chi connectivity index (χ0v) is 12.4. The lowest BCUT2D eigenvalue weighted by Gasteiger charge is -2.14. The summed E-state index contributed by atoms with van der Waals surface area (Å²) in [6, 6.07) is 11.3. The summed E-state index contributed by atoms with van der Waals surface area (Å²) < 4.78 is 25.4. The number of benzene rings is 2. The van der Waals surface area contributed by atoms with Gasteiger partial charge in [0, 0.05) is 12.2 Å². The van der Waals surface area contributed by atoms with E-state index in [0.29, 0.717) is 12.2 Å². The lowest BCUT2D eigenvalue weighted by atomic mass is 9.96. The van der Waals surface area contributed by atoms with E-state index in [0.717, 1.165) is 18.4 Å². The van der Waals surface area contributed by atoms with Crippen molar-refractivity contribution in [3.8, 4) is 16.9 Å². The first-order valence-corrected chi connectivity index (χ1v) is 7.32. The van der Waals surface area contributed by atoms with E-state index in [-0.39, 0.29) is 17.7 Å². The van der Waals surface area contributed by atoms with Gasteiger partial charge in [0.15, 0.2) is 11.6 Å². The van der Waals surface area contributed by atoms with Crippen LogP contribution in [0.3, 0.4) is 0 Å². The Labute approximate surface area is 124 Å². The molecule has 3 heteroatoms. The molecule has 1 aliphatic carbocycles. The summed E-state index contributed by atoms with van der Waals surface area (Å²) in [7, 11) is 1.49. The van der Waals surface area contributed by atoms with Gasteiger partial charge >= 0.3 is 0 Å². The topological polar surface area (TPSA) is 18.5 Å². The van der Waals surface area contributed by atoms with Crippen LogP contribution in [0.25, 0.3) is 11.1 Å². The molecule has 0 spiro atoms. The zero-order valence-electron chi connectivity index (χ0n) is 12.4. The minimum Gasteiger partial charge on any atom is -0.494 e. The van der Waals surface area contributed by atoms with Crippen LogP contribution in [0.1, 0.15) is 30.6 Å². The minimum atomic E-state index is -0.298. The number of hydrogen-bond donors (Lipinski definition) is 0. The molecule has 0 saturated heterocycles. The van der Waals surface area contributed by atoms with Gasteiger partial charge in [0.2, 0.25) is 0 Å². The van der Waals surface area contributed by atoms with Gasteiger partial charge in [0.05, 0.1) is 13.2 Å². The van der Waals surface area contributed by atoms with Crippen LogP contribution in [0, 0.1) is 5.82 Å². The van der Waals surface area contributed by atoms with Gasteiger partial charge in [-0.25, -0.2) is 4.39 Å². The lowest BCUT2D eigenvalue weighted by molar-refractivity contribution is 0.0640. The first-order chi connectivity index (χ1) is 10.3. The lowest BCUT2D eigenvalue weighted by Crippen LogP contribution is -2.00. The van der Waals surface area contributed by atoms with E-state index in [1.165, 1.54) is 18.2 Å². The van der Waals surface area contributed by atoms with Crippen LogP contribution in [0.5, 0.6) is 5.75 Å². The maximum absolute atomic E-state index is 14.5. The summed E-state index contributed by atoms with van der Waals surface area (Å²) in [5.41, 5.74) is 3.94. The van der Waals surface area contributed by atoms with E-state index >= 15 is 0 Å². The molecule has 0 amide bonds. The molecule has 0 heterocycles. The smallest absolute Gasteiger partial charge is 0.172 e. The van der Waals surface area contributed by atoms with Gasteiger partial charge < -0.3 is 9.47 Å². The summed E-state index contributed by atoms with van der Waals surface area (Å²) in [4.78, 5) is 0. The summed E-state index contributed by atoms with van der Waals surface area (Å²) in [6.45, 7) is 2.70. The fourth-order valence-electron chi connectivity index (χ4n) is 3.12. The second-order valence-electron chi connectivity index (χ2n) is 5.18. The standard InChI is InChI=1S/C18H19FO2/c1-3-21-16-11-10-13-12(6-4-7-14(13)16)15-8-5-9-17(20-2)18(15)19/h4-9,16H,3,10-11H2,1-2H3/t16-/m1/s1. The zero-order chi connectivity index (χ0) is 14.8. The summed E-state index contributed by atoms with van der Waals surface area (Å²) in [5.74, 6) is -0.0160. The molecule has 0 unspecified atom stereocenters. The van der Waals surface area contributed by atoms with Gasteiger partial charge in [0.25, 0.3) is 0 Å². The van der Waals surface area contributed by atoms with Crippen LogP contribution < -0.4 is 4.74 Å². The monoisotopic (exact) mass is 286 g/mol. The van der Waals surface area contributed by atoms with E-state index < -0.39 is 0 Å². The minimum absolute atomic E-state index is 0.138. The van der Waals surface area contributed by atoms with Crippen molar-refractivity contribution in [3.63, 3.8) is 0 Å². The first-order valence-electron chi connectivity index (χ1n) is 7.32. The van der Waals surface area contributed by atoms with Gasteiger partial charge in [-0.3, -0.25) is 0 Å². The summed E-state index contributed by atoms with van der Waals surface area (Å²) in [5, 5.41) is 0. The highest BCUT2D eigenvalue weighted by molar-refractivity contribution is 5.71. The van der Waals surface area contributed by atoms with Crippen LogP contribution in [-0.2, 0) is 11.2 Å². The fraction of sp³-hybridized carbons (Fsp3) is 0.333. The maximum Gasteiger partial charge on any atom is 0.172 e. The summed E-state index contributed by atoms with van der Waals surface area (Å²) >= 11 is 0. The van der Waals surface area contributed by atoms with Crippen molar-refractivity contribution >= 4 is 0 Å². The van der Waals surface area contributed by atoms with Gasteiger partial charge in [0.1, 0.15) is 0 Å². The Morgan fingerprint density at radius 1 is 1.14 bits per heavy atom. The third kappa shape index (κ3) is 2.42. The van der Waals surface area contributed by atoms with E-state index in [1.54, 1.807) is 6.07 Å². The molecular formula is C18H19FO2. The molecule has 0 saturated carbocycles. The van der Waals surface area contributed by atoms with Crippen LogP contribution in [0.15, 0.2) is 36.4 Å². The highest BCUT2D eigenvalue weighted by Gasteiger charge is 2.26. The number of halogens is 1. The van der Waals surface area contributed by atoms with E-state index in [9.17, 15) is 4.39 Å². The predicted molar refractivity (Wildman–Crippen MR) is 81.1 cm³/mol. The number of methoxy groups -OCH3 is 1. The Balaban J connectivity index is 2.09. The van der Waals surface area contributed by atoms with Crippen LogP contribution >= 0.6 is 0 Å². The molecule has 0 bridgehead atoms.